The topological polar surface area (TPSA) is 108 Å². The summed E-state index contributed by atoms with van der Waals surface area (Å²) in [6.07, 6.45) is -1.77. The summed E-state index contributed by atoms with van der Waals surface area (Å²) in [5.74, 6) is -1.19. The number of benzene rings is 1. The molecule has 0 bridgehead atoms. The number of rotatable bonds is 7. The average molecular weight is 519 g/mol. The van der Waals surface area contributed by atoms with E-state index in [1.54, 1.807) is 4.68 Å². The Morgan fingerprint density at radius 3 is 2.57 bits per heavy atom. The van der Waals surface area contributed by atoms with Crippen molar-refractivity contribution in [3.8, 4) is 17.4 Å². The Bertz CT molecular complexity index is 1310. The third-order valence-electron chi connectivity index (χ3n) is 5.81. The number of methoxy groups -OCH3 is 2. The summed E-state index contributed by atoms with van der Waals surface area (Å²) in [5.41, 5.74) is 1.02. The van der Waals surface area contributed by atoms with E-state index < -0.39 is 24.1 Å². The molecule has 1 N–H and O–H groups in total. The lowest BCUT2D eigenvalue weighted by molar-refractivity contribution is -0.274. The minimum atomic E-state index is -4.95. The number of halogens is 3. The largest absolute Gasteiger partial charge is 0.573 e. The normalized spacial score (nSPS) is 15.1. The standard InChI is InChI=1S/C24H24F3N5O5/c1-4-32-20-16(30-21(33)15-7-5-6-8-18(15)37-24(25,26)27)9-10-31(17(20)13-29-32)23(34)14-11-19(35-2)22(36-3)28-12-14/h5-8,11-13,16H,4,9-10H2,1-3H3,(H,30,33)/t16-/m1/s1. The fraction of sp³-hybridized carbons (Fsp3) is 0.333. The van der Waals surface area contributed by atoms with Gasteiger partial charge < -0.3 is 24.4 Å². The van der Waals surface area contributed by atoms with Crippen molar-refractivity contribution in [3.63, 3.8) is 0 Å². The lowest BCUT2D eigenvalue weighted by Crippen LogP contribution is -2.41. The molecule has 2 aromatic heterocycles. The summed E-state index contributed by atoms with van der Waals surface area (Å²) in [4.78, 5) is 32.0. The highest BCUT2D eigenvalue weighted by Crippen LogP contribution is 2.36. The summed E-state index contributed by atoms with van der Waals surface area (Å²) >= 11 is 0. The molecule has 0 fully saturated rings. The van der Waals surface area contributed by atoms with Crippen molar-refractivity contribution in [2.75, 3.05) is 25.7 Å². The number of aryl methyl sites for hydroxylation is 1. The molecule has 1 aromatic carbocycles. The summed E-state index contributed by atoms with van der Waals surface area (Å²) < 4.78 is 54.5. The first-order valence-electron chi connectivity index (χ1n) is 11.3. The number of hydrogen-bond acceptors (Lipinski definition) is 7. The monoisotopic (exact) mass is 519 g/mol. The van der Waals surface area contributed by atoms with Gasteiger partial charge in [0, 0.05) is 25.4 Å². The SMILES string of the molecule is CCn1ncc2c1[C@H](NC(=O)c1ccccc1OC(F)(F)F)CCN2C(=O)c1cnc(OC)c(OC)c1. The number of para-hydroxylation sites is 1. The number of pyridine rings is 1. The quantitative estimate of drug-likeness (QED) is 0.507. The summed E-state index contributed by atoms with van der Waals surface area (Å²) in [6.45, 7) is 2.49. The van der Waals surface area contributed by atoms with Gasteiger partial charge in [-0.05, 0) is 25.5 Å². The molecule has 4 rings (SSSR count). The first kappa shape index (κ1) is 25.8. The Balaban J connectivity index is 1.62. The van der Waals surface area contributed by atoms with Gasteiger partial charge in [-0.25, -0.2) is 4.98 Å². The number of carbonyl (C=O) groups excluding carboxylic acids is 2. The number of ether oxygens (including phenoxy) is 3. The highest BCUT2D eigenvalue weighted by Gasteiger charge is 2.36. The molecular formula is C24H24F3N5O5. The molecule has 0 saturated heterocycles. The van der Waals surface area contributed by atoms with Crippen molar-refractivity contribution in [1.29, 1.82) is 0 Å². The van der Waals surface area contributed by atoms with Gasteiger partial charge in [-0.1, -0.05) is 12.1 Å². The number of anilines is 1. The van der Waals surface area contributed by atoms with Crippen molar-refractivity contribution in [2.24, 2.45) is 0 Å². The Hall–Kier alpha value is -4.29. The zero-order valence-electron chi connectivity index (χ0n) is 20.2. The van der Waals surface area contributed by atoms with Crippen LogP contribution in [0.3, 0.4) is 0 Å². The molecule has 196 valence electrons. The van der Waals surface area contributed by atoms with Crippen LogP contribution >= 0.6 is 0 Å². The zero-order valence-corrected chi connectivity index (χ0v) is 20.2. The van der Waals surface area contributed by atoms with Crippen LogP contribution in [0.4, 0.5) is 18.9 Å². The van der Waals surface area contributed by atoms with Gasteiger partial charge in [-0.3, -0.25) is 14.3 Å². The van der Waals surface area contributed by atoms with E-state index in [2.05, 4.69) is 20.1 Å². The van der Waals surface area contributed by atoms with E-state index in [1.807, 2.05) is 6.92 Å². The van der Waals surface area contributed by atoms with E-state index in [4.69, 9.17) is 9.47 Å². The van der Waals surface area contributed by atoms with E-state index in [1.165, 1.54) is 55.8 Å². The Kier molecular flexibility index (Phi) is 7.23. The van der Waals surface area contributed by atoms with Crippen LogP contribution in [0.5, 0.6) is 17.4 Å². The van der Waals surface area contributed by atoms with Crippen LogP contribution in [0, 0.1) is 0 Å². The fourth-order valence-corrected chi connectivity index (χ4v) is 4.18. The molecule has 10 nitrogen and oxygen atoms in total. The van der Waals surface area contributed by atoms with Crippen LogP contribution in [-0.4, -0.2) is 53.7 Å². The van der Waals surface area contributed by atoms with Gasteiger partial charge >= 0.3 is 6.36 Å². The molecule has 0 unspecified atom stereocenters. The second kappa shape index (κ2) is 10.4. The third-order valence-corrected chi connectivity index (χ3v) is 5.81. The van der Waals surface area contributed by atoms with Gasteiger partial charge in [0.1, 0.15) is 5.75 Å². The van der Waals surface area contributed by atoms with Crippen LogP contribution in [0.25, 0.3) is 0 Å². The number of hydrogen-bond donors (Lipinski definition) is 1. The van der Waals surface area contributed by atoms with Crippen LogP contribution in [0.15, 0.2) is 42.7 Å². The van der Waals surface area contributed by atoms with Crippen LogP contribution in [-0.2, 0) is 6.54 Å². The second-order valence-corrected chi connectivity index (χ2v) is 7.98. The zero-order chi connectivity index (χ0) is 26.7. The maximum absolute atomic E-state index is 13.4. The highest BCUT2D eigenvalue weighted by molar-refractivity contribution is 6.07. The molecule has 2 amide bonds. The first-order valence-corrected chi connectivity index (χ1v) is 11.3. The molecule has 3 heterocycles. The first-order chi connectivity index (χ1) is 17.7. The van der Waals surface area contributed by atoms with Gasteiger partial charge in [-0.2, -0.15) is 5.10 Å². The third kappa shape index (κ3) is 5.29. The molecule has 1 aliphatic heterocycles. The average Bonchev–Trinajstić information content (AvgIpc) is 3.32. The van der Waals surface area contributed by atoms with Crippen molar-refractivity contribution in [2.45, 2.75) is 32.3 Å². The van der Waals surface area contributed by atoms with Crippen LogP contribution < -0.4 is 24.4 Å². The van der Waals surface area contributed by atoms with Gasteiger partial charge in [0.05, 0.1) is 49.0 Å². The summed E-state index contributed by atoms with van der Waals surface area (Å²) in [6, 6.07) is 6.01. The van der Waals surface area contributed by atoms with E-state index in [0.717, 1.165) is 6.07 Å². The van der Waals surface area contributed by atoms with Gasteiger partial charge in [0.25, 0.3) is 17.7 Å². The van der Waals surface area contributed by atoms with Gasteiger partial charge in [0.2, 0.25) is 0 Å². The molecule has 3 aromatic rings. The van der Waals surface area contributed by atoms with E-state index in [9.17, 15) is 22.8 Å². The Morgan fingerprint density at radius 2 is 1.89 bits per heavy atom. The molecular weight excluding hydrogens is 495 g/mol. The van der Waals surface area contributed by atoms with Gasteiger partial charge in [-0.15, -0.1) is 13.2 Å². The lowest BCUT2D eigenvalue weighted by atomic mass is 10.0. The van der Waals surface area contributed by atoms with E-state index in [0.29, 0.717) is 30.1 Å². The smallest absolute Gasteiger partial charge is 0.491 e. The number of alkyl halides is 3. The van der Waals surface area contributed by atoms with Crippen molar-refractivity contribution >= 4 is 17.5 Å². The molecule has 0 saturated carbocycles. The fourth-order valence-electron chi connectivity index (χ4n) is 4.18. The van der Waals surface area contributed by atoms with E-state index >= 15 is 0 Å². The number of fused-ring (bicyclic) bond motifs is 1. The predicted molar refractivity (Wildman–Crippen MR) is 125 cm³/mol. The minimum absolute atomic E-state index is 0.210. The molecule has 1 aliphatic rings. The number of carbonyl (C=O) groups is 2. The van der Waals surface area contributed by atoms with E-state index in [-0.39, 0.29) is 29.5 Å². The van der Waals surface area contributed by atoms with Crippen LogP contribution in [0.1, 0.15) is 45.8 Å². The Labute approximate surface area is 209 Å². The number of aromatic nitrogens is 3. The number of amides is 2. The highest BCUT2D eigenvalue weighted by atomic mass is 19.4. The van der Waals surface area contributed by atoms with Crippen LogP contribution in [0.2, 0.25) is 0 Å². The second-order valence-electron chi connectivity index (χ2n) is 7.98. The minimum Gasteiger partial charge on any atom is -0.491 e. The van der Waals surface area contributed by atoms with Crippen molar-refractivity contribution in [1.82, 2.24) is 20.1 Å². The Morgan fingerprint density at radius 1 is 1.14 bits per heavy atom. The summed E-state index contributed by atoms with van der Waals surface area (Å²) in [7, 11) is 2.87. The predicted octanol–water partition coefficient (Wildman–Crippen LogP) is 3.74. The molecule has 0 aliphatic carbocycles. The number of nitrogens with zero attached hydrogens (tertiary/aromatic N) is 4. The molecule has 37 heavy (non-hydrogen) atoms. The molecule has 1 atom stereocenters. The molecule has 0 spiro atoms. The number of nitrogens with one attached hydrogen (secondary N) is 1. The molecule has 13 heteroatoms. The van der Waals surface area contributed by atoms with Gasteiger partial charge in [0.15, 0.2) is 5.75 Å². The summed E-state index contributed by atoms with van der Waals surface area (Å²) in [5, 5.41) is 7.11. The lowest BCUT2D eigenvalue weighted by Gasteiger charge is -2.33. The van der Waals surface area contributed by atoms with Crippen molar-refractivity contribution in [3.05, 3.63) is 59.5 Å². The molecule has 0 radical (unpaired) electrons. The maximum Gasteiger partial charge on any atom is 0.573 e. The maximum atomic E-state index is 13.4. The van der Waals surface area contributed by atoms with Crippen molar-refractivity contribution < 1.29 is 37.0 Å².